The molecule has 4 heterocycles. The summed E-state index contributed by atoms with van der Waals surface area (Å²) in [5.74, 6) is 0.228. The van der Waals surface area contributed by atoms with Crippen molar-refractivity contribution >= 4 is 22.7 Å². The molecule has 0 fully saturated rings. The zero-order chi connectivity index (χ0) is 21.3. The standard InChI is InChI=1S/C20H12F3N7/c1-11-6-12(7-24)8-27-17(11)15-10-28-18-14(4-5-25-19(18)30-15)29-16-3-2-13(9-26-16)20(21,22)23/h2-6,8-10H,1H3,(H,25,26,29,30). The molecule has 7 nitrogen and oxygen atoms in total. The van der Waals surface area contributed by atoms with E-state index in [1.807, 2.05) is 13.0 Å². The predicted molar refractivity (Wildman–Crippen MR) is 103 cm³/mol. The Hall–Kier alpha value is -4.13. The molecule has 0 radical (unpaired) electrons. The highest BCUT2D eigenvalue weighted by Crippen LogP contribution is 2.30. The maximum Gasteiger partial charge on any atom is 0.417 e. The zero-order valence-corrected chi connectivity index (χ0v) is 15.4. The molecule has 1 N–H and O–H groups in total. The van der Waals surface area contributed by atoms with Gasteiger partial charge in [0.2, 0.25) is 0 Å². The molecule has 0 spiro atoms. The number of halogens is 3. The van der Waals surface area contributed by atoms with E-state index in [0.29, 0.717) is 33.8 Å². The first-order chi connectivity index (χ1) is 14.3. The number of alkyl halides is 3. The van der Waals surface area contributed by atoms with E-state index in [0.717, 1.165) is 17.8 Å². The van der Waals surface area contributed by atoms with Gasteiger partial charge in [0.1, 0.15) is 23.1 Å². The molecule has 0 amide bonds. The van der Waals surface area contributed by atoms with Crippen LogP contribution in [0.15, 0.2) is 49.1 Å². The number of aryl methyl sites for hydroxylation is 1. The van der Waals surface area contributed by atoms with Crippen molar-refractivity contribution in [2.45, 2.75) is 13.1 Å². The van der Waals surface area contributed by atoms with Crippen molar-refractivity contribution in [1.82, 2.24) is 24.9 Å². The van der Waals surface area contributed by atoms with Gasteiger partial charge in [-0.25, -0.2) is 19.9 Å². The van der Waals surface area contributed by atoms with Crippen LogP contribution in [0.3, 0.4) is 0 Å². The van der Waals surface area contributed by atoms with E-state index in [9.17, 15) is 13.2 Å². The minimum Gasteiger partial charge on any atom is -0.338 e. The number of nitriles is 1. The first-order valence-electron chi connectivity index (χ1n) is 8.64. The van der Waals surface area contributed by atoms with Crippen LogP contribution < -0.4 is 5.32 Å². The molecule has 4 aromatic heterocycles. The van der Waals surface area contributed by atoms with Gasteiger partial charge in [0.25, 0.3) is 0 Å². The summed E-state index contributed by atoms with van der Waals surface area (Å²) < 4.78 is 38.1. The molecule has 0 bridgehead atoms. The van der Waals surface area contributed by atoms with Crippen LogP contribution in [0.25, 0.3) is 22.6 Å². The Kier molecular flexibility index (Phi) is 4.71. The fourth-order valence-corrected chi connectivity index (χ4v) is 2.81. The Labute approximate surface area is 168 Å². The van der Waals surface area contributed by atoms with Gasteiger partial charge in [-0.3, -0.25) is 4.98 Å². The number of fused-ring (bicyclic) bond motifs is 1. The molecule has 4 aromatic rings. The second-order valence-electron chi connectivity index (χ2n) is 6.34. The van der Waals surface area contributed by atoms with Crippen molar-refractivity contribution in [2.75, 3.05) is 5.32 Å². The van der Waals surface area contributed by atoms with E-state index >= 15 is 0 Å². The van der Waals surface area contributed by atoms with E-state index in [-0.39, 0.29) is 5.82 Å². The lowest BCUT2D eigenvalue weighted by atomic mass is 10.1. The zero-order valence-electron chi connectivity index (χ0n) is 15.4. The van der Waals surface area contributed by atoms with E-state index in [1.165, 1.54) is 24.7 Å². The monoisotopic (exact) mass is 407 g/mol. The van der Waals surface area contributed by atoms with Crippen LogP contribution in [0.2, 0.25) is 0 Å². The molecule has 0 unspecified atom stereocenters. The quantitative estimate of drug-likeness (QED) is 0.536. The van der Waals surface area contributed by atoms with E-state index in [2.05, 4.69) is 30.2 Å². The Balaban J connectivity index is 1.67. The Morgan fingerprint density at radius 1 is 1.00 bits per heavy atom. The third-order valence-corrected chi connectivity index (χ3v) is 4.25. The van der Waals surface area contributed by atoms with Crippen molar-refractivity contribution in [1.29, 1.82) is 5.26 Å². The largest absolute Gasteiger partial charge is 0.417 e. The number of nitrogens with zero attached hydrogens (tertiary/aromatic N) is 6. The highest BCUT2D eigenvalue weighted by Gasteiger charge is 2.30. The fourth-order valence-electron chi connectivity index (χ4n) is 2.81. The molecule has 0 atom stereocenters. The number of rotatable bonds is 3. The molecular formula is C20H12F3N7. The van der Waals surface area contributed by atoms with Gasteiger partial charge >= 0.3 is 6.18 Å². The van der Waals surface area contributed by atoms with Crippen LogP contribution >= 0.6 is 0 Å². The van der Waals surface area contributed by atoms with E-state index in [1.54, 1.807) is 12.1 Å². The van der Waals surface area contributed by atoms with Gasteiger partial charge in [0, 0.05) is 18.6 Å². The molecule has 30 heavy (non-hydrogen) atoms. The van der Waals surface area contributed by atoms with Crippen LogP contribution in [0.4, 0.5) is 24.7 Å². The summed E-state index contributed by atoms with van der Waals surface area (Å²) in [5.41, 5.74) is 2.70. The highest BCUT2D eigenvalue weighted by molar-refractivity contribution is 5.87. The average molecular weight is 407 g/mol. The van der Waals surface area contributed by atoms with Crippen LogP contribution in [0.1, 0.15) is 16.7 Å². The Bertz CT molecular complexity index is 1280. The molecule has 0 aliphatic carbocycles. The van der Waals surface area contributed by atoms with Gasteiger partial charge in [-0.15, -0.1) is 0 Å². The molecule has 0 saturated heterocycles. The van der Waals surface area contributed by atoms with Gasteiger partial charge in [-0.1, -0.05) is 0 Å². The fraction of sp³-hybridized carbons (Fsp3) is 0.100. The van der Waals surface area contributed by atoms with Crippen molar-refractivity contribution in [3.05, 3.63) is 65.7 Å². The number of hydrogen-bond acceptors (Lipinski definition) is 7. The van der Waals surface area contributed by atoms with Gasteiger partial charge in [0.15, 0.2) is 5.65 Å². The second-order valence-corrected chi connectivity index (χ2v) is 6.34. The van der Waals surface area contributed by atoms with Crippen LogP contribution in [-0.2, 0) is 6.18 Å². The summed E-state index contributed by atoms with van der Waals surface area (Å²) in [7, 11) is 0. The average Bonchev–Trinajstić information content (AvgIpc) is 2.73. The normalized spacial score (nSPS) is 11.3. The first kappa shape index (κ1) is 19.2. The summed E-state index contributed by atoms with van der Waals surface area (Å²) in [6.45, 7) is 1.82. The first-order valence-corrected chi connectivity index (χ1v) is 8.64. The Morgan fingerprint density at radius 3 is 2.50 bits per heavy atom. The van der Waals surface area contributed by atoms with Gasteiger partial charge in [-0.2, -0.15) is 18.4 Å². The van der Waals surface area contributed by atoms with E-state index in [4.69, 9.17) is 5.26 Å². The molecular weight excluding hydrogens is 395 g/mol. The summed E-state index contributed by atoms with van der Waals surface area (Å²) in [5, 5.41) is 11.9. The SMILES string of the molecule is Cc1cc(C#N)cnc1-c1cnc2c(Nc3ccc(C(F)(F)F)cn3)ccnc2n1. The van der Waals surface area contributed by atoms with Crippen LogP contribution in [0.5, 0.6) is 0 Å². The molecule has 10 heteroatoms. The number of hydrogen-bond donors (Lipinski definition) is 1. The van der Waals surface area contributed by atoms with Crippen LogP contribution in [-0.4, -0.2) is 24.9 Å². The third-order valence-electron chi connectivity index (χ3n) is 4.25. The van der Waals surface area contributed by atoms with Gasteiger partial charge < -0.3 is 5.32 Å². The highest BCUT2D eigenvalue weighted by atomic mass is 19.4. The molecule has 4 rings (SSSR count). The summed E-state index contributed by atoms with van der Waals surface area (Å²) in [6.07, 6.45) is 0.794. The third kappa shape index (κ3) is 3.73. The number of anilines is 2. The molecule has 0 aliphatic rings. The lowest BCUT2D eigenvalue weighted by Crippen LogP contribution is -2.06. The molecule has 148 valence electrons. The lowest BCUT2D eigenvalue weighted by Gasteiger charge is -2.10. The van der Waals surface area contributed by atoms with E-state index < -0.39 is 11.7 Å². The van der Waals surface area contributed by atoms with Crippen molar-refractivity contribution in [3.8, 4) is 17.5 Å². The maximum absolute atomic E-state index is 12.7. The number of pyridine rings is 3. The summed E-state index contributed by atoms with van der Waals surface area (Å²) in [4.78, 5) is 21.2. The minimum atomic E-state index is -4.45. The maximum atomic E-state index is 12.7. The summed E-state index contributed by atoms with van der Waals surface area (Å²) in [6, 6.07) is 7.54. The summed E-state index contributed by atoms with van der Waals surface area (Å²) >= 11 is 0. The lowest BCUT2D eigenvalue weighted by molar-refractivity contribution is -0.137. The molecule has 0 saturated carbocycles. The second kappa shape index (κ2) is 7.36. The van der Waals surface area contributed by atoms with Crippen LogP contribution in [0, 0.1) is 18.3 Å². The smallest absolute Gasteiger partial charge is 0.338 e. The number of aromatic nitrogens is 5. The van der Waals surface area contributed by atoms with Crippen molar-refractivity contribution < 1.29 is 13.2 Å². The molecule has 0 aromatic carbocycles. The number of nitrogens with one attached hydrogen (secondary N) is 1. The van der Waals surface area contributed by atoms with Crippen molar-refractivity contribution in [2.24, 2.45) is 0 Å². The predicted octanol–water partition coefficient (Wildman–Crippen LogP) is 4.42. The molecule has 0 aliphatic heterocycles. The van der Waals surface area contributed by atoms with Gasteiger partial charge in [-0.05, 0) is 36.8 Å². The van der Waals surface area contributed by atoms with Gasteiger partial charge in [0.05, 0.1) is 28.7 Å². The Morgan fingerprint density at radius 2 is 1.83 bits per heavy atom. The minimum absolute atomic E-state index is 0.228. The van der Waals surface area contributed by atoms with Crippen molar-refractivity contribution in [3.63, 3.8) is 0 Å². The topological polar surface area (TPSA) is 100 Å².